The molecule has 0 bridgehead atoms. The lowest BCUT2D eigenvalue weighted by molar-refractivity contribution is 0.162. The van der Waals surface area contributed by atoms with Crippen molar-refractivity contribution >= 4 is 0 Å². The molecule has 24 heavy (non-hydrogen) atoms. The Kier molecular flexibility index (Phi) is 6.42. The van der Waals surface area contributed by atoms with Gasteiger partial charge < -0.3 is 0 Å². The predicted molar refractivity (Wildman–Crippen MR) is 104 cm³/mol. The Balaban J connectivity index is 1.47. The van der Waals surface area contributed by atoms with E-state index in [9.17, 15) is 0 Å². The van der Waals surface area contributed by atoms with Gasteiger partial charge in [0.25, 0.3) is 0 Å². The standard InChI is InChI=1S/C24H34/c1-3-4-20-7-9-21(10-8-20)11-12-22-13-17-24(18-14-22)23-15-5-19(2)6-16-23/h7-10,19,22-24H,3-6,13-18H2,1-2H3/t19-,22-,23-,24-. The number of rotatable bonds is 3. The molecule has 2 aliphatic carbocycles. The first kappa shape index (κ1) is 17.6. The van der Waals surface area contributed by atoms with Gasteiger partial charge in [0.05, 0.1) is 0 Å². The van der Waals surface area contributed by atoms with Crippen LogP contribution in [0.25, 0.3) is 0 Å². The van der Waals surface area contributed by atoms with Crippen molar-refractivity contribution in [1.29, 1.82) is 0 Å². The highest BCUT2D eigenvalue weighted by Crippen LogP contribution is 2.41. The predicted octanol–water partition coefficient (Wildman–Crippen LogP) is 6.62. The zero-order chi connectivity index (χ0) is 16.8. The van der Waals surface area contributed by atoms with Crippen LogP contribution in [0.1, 0.15) is 82.8 Å². The quantitative estimate of drug-likeness (QED) is 0.548. The van der Waals surface area contributed by atoms with E-state index in [4.69, 9.17) is 0 Å². The average Bonchev–Trinajstić information content (AvgIpc) is 2.63. The summed E-state index contributed by atoms with van der Waals surface area (Å²) in [7, 11) is 0. The molecule has 0 atom stereocenters. The van der Waals surface area contributed by atoms with Crippen molar-refractivity contribution in [3.8, 4) is 11.8 Å². The molecular weight excluding hydrogens is 288 g/mol. The molecule has 0 heterocycles. The lowest BCUT2D eigenvalue weighted by Gasteiger charge is -2.36. The molecule has 2 aliphatic rings. The second kappa shape index (κ2) is 8.75. The van der Waals surface area contributed by atoms with Crippen LogP contribution in [0.15, 0.2) is 24.3 Å². The summed E-state index contributed by atoms with van der Waals surface area (Å²) in [6.45, 7) is 4.66. The number of hydrogen-bond acceptors (Lipinski definition) is 0. The number of aryl methyl sites for hydroxylation is 1. The topological polar surface area (TPSA) is 0 Å². The molecule has 0 nitrogen and oxygen atoms in total. The fourth-order valence-corrected chi connectivity index (χ4v) is 4.72. The summed E-state index contributed by atoms with van der Waals surface area (Å²) in [5.41, 5.74) is 2.63. The highest BCUT2D eigenvalue weighted by atomic mass is 14.3. The van der Waals surface area contributed by atoms with Crippen LogP contribution < -0.4 is 0 Å². The summed E-state index contributed by atoms with van der Waals surface area (Å²) in [6.07, 6.45) is 13.8. The van der Waals surface area contributed by atoms with Crippen molar-refractivity contribution in [2.45, 2.75) is 78.1 Å². The molecule has 0 heteroatoms. The Morgan fingerprint density at radius 3 is 2.00 bits per heavy atom. The Bertz CT molecular complexity index is 540. The minimum atomic E-state index is 0.638. The summed E-state index contributed by atoms with van der Waals surface area (Å²) in [4.78, 5) is 0. The maximum absolute atomic E-state index is 3.57. The normalized spacial score (nSPS) is 30.4. The van der Waals surface area contributed by atoms with Crippen LogP contribution >= 0.6 is 0 Å². The molecule has 0 N–H and O–H groups in total. The van der Waals surface area contributed by atoms with Gasteiger partial charge >= 0.3 is 0 Å². The van der Waals surface area contributed by atoms with Crippen molar-refractivity contribution in [3.05, 3.63) is 35.4 Å². The van der Waals surface area contributed by atoms with E-state index >= 15 is 0 Å². The van der Waals surface area contributed by atoms with Crippen LogP contribution in [-0.2, 0) is 6.42 Å². The summed E-state index contributed by atoms with van der Waals surface area (Å²) >= 11 is 0. The van der Waals surface area contributed by atoms with E-state index in [1.54, 1.807) is 0 Å². The third kappa shape index (κ3) is 4.89. The zero-order valence-corrected chi connectivity index (χ0v) is 15.7. The van der Waals surface area contributed by atoms with Gasteiger partial charge in [-0.3, -0.25) is 0 Å². The fourth-order valence-electron chi connectivity index (χ4n) is 4.72. The second-order valence-corrected chi connectivity index (χ2v) is 8.35. The molecule has 0 amide bonds. The Morgan fingerprint density at radius 2 is 1.42 bits per heavy atom. The third-order valence-corrected chi connectivity index (χ3v) is 6.41. The summed E-state index contributed by atoms with van der Waals surface area (Å²) < 4.78 is 0. The highest BCUT2D eigenvalue weighted by molar-refractivity contribution is 5.36. The van der Waals surface area contributed by atoms with Crippen molar-refractivity contribution in [1.82, 2.24) is 0 Å². The van der Waals surface area contributed by atoms with E-state index in [1.807, 2.05) is 0 Å². The van der Waals surface area contributed by atoms with Crippen LogP contribution in [0.3, 0.4) is 0 Å². The molecule has 130 valence electrons. The van der Waals surface area contributed by atoms with Crippen molar-refractivity contribution in [3.63, 3.8) is 0 Å². The summed E-state index contributed by atoms with van der Waals surface area (Å²) in [5.74, 6) is 10.7. The second-order valence-electron chi connectivity index (χ2n) is 8.35. The molecule has 1 aromatic carbocycles. The van der Waals surface area contributed by atoms with Crippen LogP contribution in [0, 0.1) is 35.5 Å². The minimum Gasteiger partial charge on any atom is -0.0945 e. The summed E-state index contributed by atoms with van der Waals surface area (Å²) in [5, 5.41) is 0. The van der Waals surface area contributed by atoms with E-state index in [-0.39, 0.29) is 0 Å². The van der Waals surface area contributed by atoms with Gasteiger partial charge in [0.2, 0.25) is 0 Å². The Labute approximate surface area is 149 Å². The maximum Gasteiger partial charge on any atom is 0.0245 e. The molecule has 0 aliphatic heterocycles. The van der Waals surface area contributed by atoms with Gasteiger partial charge in [0.15, 0.2) is 0 Å². The van der Waals surface area contributed by atoms with Gasteiger partial charge in [-0.15, -0.1) is 0 Å². The van der Waals surface area contributed by atoms with Crippen LogP contribution in [0.2, 0.25) is 0 Å². The van der Waals surface area contributed by atoms with Crippen LogP contribution in [0.5, 0.6) is 0 Å². The smallest absolute Gasteiger partial charge is 0.0245 e. The lowest BCUT2D eigenvalue weighted by atomic mass is 9.69. The first-order valence-electron chi connectivity index (χ1n) is 10.3. The van der Waals surface area contributed by atoms with Gasteiger partial charge in [0, 0.05) is 11.5 Å². The van der Waals surface area contributed by atoms with Gasteiger partial charge in [-0.05, 0) is 80.4 Å². The Hall–Kier alpha value is -1.22. The Morgan fingerprint density at radius 1 is 0.833 bits per heavy atom. The minimum absolute atomic E-state index is 0.638. The van der Waals surface area contributed by atoms with Gasteiger partial charge in [-0.2, -0.15) is 0 Å². The van der Waals surface area contributed by atoms with Crippen molar-refractivity contribution < 1.29 is 0 Å². The molecule has 0 unspecified atom stereocenters. The first-order valence-corrected chi connectivity index (χ1v) is 10.3. The fraction of sp³-hybridized carbons (Fsp3) is 0.667. The van der Waals surface area contributed by atoms with Gasteiger partial charge in [-0.1, -0.05) is 57.1 Å². The van der Waals surface area contributed by atoms with E-state index in [2.05, 4.69) is 50.0 Å². The lowest BCUT2D eigenvalue weighted by Crippen LogP contribution is -2.24. The number of hydrogen-bond donors (Lipinski definition) is 0. The van der Waals surface area contributed by atoms with Crippen LogP contribution in [-0.4, -0.2) is 0 Å². The third-order valence-electron chi connectivity index (χ3n) is 6.41. The highest BCUT2D eigenvalue weighted by Gasteiger charge is 2.29. The molecule has 0 aromatic heterocycles. The molecule has 0 saturated heterocycles. The SMILES string of the molecule is CCCc1ccc(C#C[C@H]2CC[C@H]([C@H]3CC[C@H](C)CC3)CC2)cc1. The summed E-state index contributed by atoms with van der Waals surface area (Å²) in [6, 6.07) is 8.89. The molecular formula is C24H34. The van der Waals surface area contributed by atoms with E-state index in [1.165, 1.54) is 75.3 Å². The van der Waals surface area contributed by atoms with Crippen molar-refractivity contribution in [2.75, 3.05) is 0 Å². The molecule has 2 saturated carbocycles. The van der Waals surface area contributed by atoms with E-state index in [0.29, 0.717) is 5.92 Å². The molecule has 0 radical (unpaired) electrons. The molecule has 1 aromatic rings. The first-order chi connectivity index (χ1) is 11.7. The molecule has 0 spiro atoms. The van der Waals surface area contributed by atoms with Gasteiger partial charge in [-0.25, -0.2) is 0 Å². The number of benzene rings is 1. The largest absolute Gasteiger partial charge is 0.0945 e. The maximum atomic E-state index is 3.57. The van der Waals surface area contributed by atoms with Crippen molar-refractivity contribution in [2.24, 2.45) is 23.7 Å². The zero-order valence-electron chi connectivity index (χ0n) is 15.7. The molecule has 3 rings (SSSR count). The van der Waals surface area contributed by atoms with E-state index in [0.717, 1.165) is 17.8 Å². The van der Waals surface area contributed by atoms with E-state index < -0.39 is 0 Å². The average molecular weight is 323 g/mol. The monoisotopic (exact) mass is 322 g/mol. The van der Waals surface area contributed by atoms with Gasteiger partial charge in [0.1, 0.15) is 0 Å². The molecule has 2 fully saturated rings. The van der Waals surface area contributed by atoms with Crippen LogP contribution in [0.4, 0.5) is 0 Å².